The van der Waals surface area contributed by atoms with Gasteiger partial charge in [0.25, 0.3) is 0 Å². The second-order valence-electron chi connectivity index (χ2n) is 4.25. The Hall–Kier alpha value is -1.40. The van der Waals surface area contributed by atoms with Crippen molar-refractivity contribution < 1.29 is 4.74 Å². The van der Waals surface area contributed by atoms with Gasteiger partial charge in [-0.05, 0) is 26.7 Å². The normalized spacial score (nSPS) is 19.4. The van der Waals surface area contributed by atoms with E-state index in [9.17, 15) is 0 Å². The number of nitrogens with one attached hydrogen (secondary N) is 2. The summed E-state index contributed by atoms with van der Waals surface area (Å²) in [6, 6.07) is 0. The molecular formula is C11H19N5O. The minimum atomic E-state index is 0.291. The number of nitrogens with two attached hydrogens (primary N) is 1. The number of nitrogen functional groups attached to an aromatic ring is 1. The van der Waals surface area contributed by atoms with Crippen LogP contribution in [0.3, 0.4) is 0 Å². The summed E-state index contributed by atoms with van der Waals surface area (Å²) >= 11 is 0. The summed E-state index contributed by atoms with van der Waals surface area (Å²) in [6.07, 6.45) is 2.54. The summed E-state index contributed by atoms with van der Waals surface area (Å²) in [5.41, 5.74) is 3.51. The van der Waals surface area contributed by atoms with Crippen molar-refractivity contribution in [3.05, 3.63) is 11.4 Å². The average Bonchev–Trinajstić information content (AvgIpc) is 2.82. The Morgan fingerprint density at radius 1 is 1.35 bits per heavy atom. The maximum Gasteiger partial charge on any atom is 0.148 e. The molecule has 17 heavy (non-hydrogen) atoms. The van der Waals surface area contributed by atoms with Crippen molar-refractivity contribution in [3.63, 3.8) is 0 Å². The van der Waals surface area contributed by atoms with Gasteiger partial charge in [0.05, 0.1) is 6.10 Å². The molecule has 0 spiro atoms. The molecule has 2 heterocycles. The van der Waals surface area contributed by atoms with Gasteiger partial charge in [-0.1, -0.05) is 0 Å². The van der Waals surface area contributed by atoms with Gasteiger partial charge in [0, 0.05) is 18.7 Å². The number of aryl methyl sites for hydroxylation is 1. The van der Waals surface area contributed by atoms with Crippen LogP contribution >= 0.6 is 0 Å². The van der Waals surface area contributed by atoms with Crippen LogP contribution < -0.4 is 16.6 Å². The van der Waals surface area contributed by atoms with E-state index in [1.807, 2.05) is 13.8 Å². The number of nitrogens with zero attached hydrogens (tertiary/aromatic N) is 2. The number of rotatable bonds is 4. The third-order valence-corrected chi connectivity index (χ3v) is 2.92. The molecule has 94 valence electrons. The van der Waals surface area contributed by atoms with E-state index in [0.717, 1.165) is 37.4 Å². The highest BCUT2D eigenvalue weighted by Crippen LogP contribution is 2.20. The number of hydrogen-bond acceptors (Lipinski definition) is 6. The molecule has 0 aromatic carbocycles. The first kappa shape index (κ1) is 12.1. The Morgan fingerprint density at radius 3 is 2.76 bits per heavy atom. The van der Waals surface area contributed by atoms with Crippen molar-refractivity contribution in [3.8, 4) is 0 Å². The van der Waals surface area contributed by atoms with E-state index in [1.165, 1.54) is 0 Å². The lowest BCUT2D eigenvalue weighted by Gasteiger charge is -2.15. The summed E-state index contributed by atoms with van der Waals surface area (Å²) < 4.78 is 5.56. The SMILES string of the molecule is Cc1nc(NN)c(C)c(NCC2CCCO2)n1. The van der Waals surface area contributed by atoms with Gasteiger partial charge >= 0.3 is 0 Å². The molecule has 1 fully saturated rings. The Bertz CT molecular complexity index is 390. The second-order valence-corrected chi connectivity index (χ2v) is 4.25. The van der Waals surface area contributed by atoms with Crippen LogP contribution in [0.5, 0.6) is 0 Å². The number of ether oxygens (including phenoxy) is 1. The number of hydrogen-bond donors (Lipinski definition) is 3. The molecule has 2 rings (SSSR count). The van der Waals surface area contributed by atoms with Gasteiger partial charge in [-0.3, -0.25) is 0 Å². The van der Waals surface area contributed by atoms with Crippen LogP contribution in [0.25, 0.3) is 0 Å². The average molecular weight is 237 g/mol. The van der Waals surface area contributed by atoms with Gasteiger partial charge in [-0.15, -0.1) is 0 Å². The summed E-state index contributed by atoms with van der Waals surface area (Å²) in [5.74, 6) is 7.59. The lowest BCUT2D eigenvalue weighted by Crippen LogP contribution is -2.21. The maximum atomic E-state index is 5.56. The molecule has 4 N–H and O–H groups in total. The van der Waals surface area contributed by atoms with E-state index in [0.29, 0.717) is 17.7 Å². The quantitative estimate of drug-likeness (QED) is 0.534. The highest BCUT2D eigenvalue weighted by atomic mass is 16.5. The van der Waals surface area contributed by atoms with Crippen molar-refractivity contribution in [1.82, 2.24) is 9.97 Å². The van der Waals surface area contributed by atoms with Gasteiger partial charge in [-0.25, -0.2) is 15.8 Å². The van der Waals surface area contributed by atoms with Crippen molar-refractivity contribution in [1.29, 1.82) is 0 Å². The molecule has 0 aliphatic carbocycles. The van der Waals surface area contributed by atoms with Crippen LogP contribution in [-0.2, 0) is 4.74 Å². The van der Waals surface area contributed by atoms with Crippen molar-refractivity contribution in [2.75, 3.05) is 23.9 Å². The largest absolute Gasteiger partial charge is 0.376 e. The molecule has 1 aromatic rings. The minimum absolute atomic E-state index is 0.291. The molecule has 6 heteroatoms. The predicted octanol–water partition coefficient (Wildman–Crippen LogP) is 0.970. The highest BCUT2D eigenvalue weighted by Gasteiger charge is 2.16. The first-order valence-corrected chi connectivity index (χ1v) is 5.88. The van der Waals surface area contributed by atoms with Crippen LogP contribution in [0.1, 0.15) is 24.2 Å². The van der Waals surface area contributed by atoms with Crippen LogP contribution in [0.15, 0.2) is 0 Å². The first-order chi connectivity index (χ1) is 8.20. The number of anilines is 2. The molecule has 0 radical (unpaired) electrons. The molecule has 1 saturated heterocycles. The molecule has 1 aliphatic rings. The second kappa shape index (κ2) is 5.29. The Balaban J connectivity index is 2.06. The van der Waals surface area contributed by atoms with Crippen molar-refractivity contribution in [2.45, 2.75) is 32.8 Å². The monoisotopic (exact) mass is 237 g/mol. The molecule has 0 amide bonds. The minimum Gasteiger partial charge on any atom is -0.376 e. The lowest BCUT2D eigenvalue weighted by atomic mass is 10.2. The van der Waals surface area contributed by atoms with Crippen LogP contribution in [0, 0.1) is 13.8 Å². The van der Waals surface area contributed by atoms with E-state index in [4.69, 9.17) is 10.6 Å². The van der Waals surface area contributed by atoms with E-state index in [-0.39, 0.29) is 0 Å². The van der Waals surface area contributed by atoms with Crippen LogP contribution in [0.4, 0.5) is 11.6 Å². The molecule has 1 atom stereocenters. The fourth-order valence-corrected chi connectivity index (χ4v) is 1.96. The summed E-state index contributed by atoms with van der Waals surface area (Å²) in [4.78, 5) is 8.58. The topological polar surface area (TPSA) is 85.1 Å². The van der Waals surface area contributed by atoms with Gasteiger partial charge in [0.2, 0.25) is 0 Å². The highest BCUT2D eigenvalue weighted by molar-refractivity contribution is 5.56. The molecule has 1 aliphatic heterocycles. The lowest BCUT2D eigenvalue weighted by molar-refractivity contribution is 0.120. The molecule has 0 saturated carbocycles. The number of aromatic nitrogens is 2. The van der Waals surface area contributed by atoms with E-state index in [1.54, 1.807) is 0 Å². The summed E-state index contributed by atoms with van der Waals surface area (Å²) in [5, 5.41) is 3.30. The molecule has 6 nitrogen and oxygen atoms in total. The first-order valence-electron chi connectivity index (χ1n) is 5.88. The van der Waals surface area contributed by atoms with Gasteiger partial charge in [0.1, 0.15) is 17.5 Å². The predicted molar refractivity (Wildman–Crippen MR) is 66.8 cm³/mol. The van der Waals surface area contributed by atoms with E-state index >= 15 is 0 Å². The van der Waals surface area contributed by atoms with Crippen LogP contribution in [0.2, 0.25) is 0 Å². The smallest absolute Gasteiger partial charge is 0.148 e. The van der Waals surface area contributed by atoms with Crippen LogP contribution in [-0.4, -0.2) is 29.2 Å². The van der Waals surface area contributed by atoms with Crippen molar-refractivity contribution >= 4 is 11.6 Å². The zero-order valence-electron chi connectivity index (χ0n) is 10.3. The third-order valence-electron chi connectivity index (χ3n) is 2.92. The molecule has 1 aromatic heterocycles. The number of hydrazine groups is 1. The van der Waals surface area contributed by atoms with Gasteiger partial charge < -0.3 is 15.5 Å². The Kier molecular flexibility index (Phi) is 3.75. The molecule has 0 bridgehead atoms. The van der Waals surface area contributed by atoms with Gasteiger partial charge in [-0.2, -0.15) is 0 Å². The molecule has 1 unspecified atom stereocenters. The summed E-state index contributed by atoms with van der Waals surface area (Å²) in [6.45, 7) is 5.43. The third kappa shape index (κ3) is 2.83. The molecular weight excluding hydrogens is 218 g/mol. The maximum absolute atomic E-state index is 5.56. The van der Waals surface area contributed by atoms with Crippen molar-refractivity contribution in [2.24, 2.45) is 5.84 Å². The Morgan fingerprint density at radius 2 is 2.12 bits per heavy atom. The van der Waals surface area contributed by atoms with E-state index in [2.05, 4.69) is 20.7 Å². The standard InChI is InChI=1S/C11H19N5O/c1-7-10(13-6-9-4-3-5-17-9)14-8(2)15-11(7)16-12/h9H,3-6,12H2,1-2H3,(H2,13,14,15,16). The van der Waals surface area contributed by atoms with E-state index < -0.39 is 0 Å². The fraction of sp³-hybridized carbons (Fsp3) is 0.636. The Labute approximate surface area is 101 Å². The zero-order valence-corrected chi connectivity index (χ0v) is 10.3. The fourth-order valence-electron chi connectivity index (χ4n) is 1.96. The zero-order chi connectivity index (χ0) is 12.3. The van der Waals surface area contributed by atoms with Gasteiger partial charge in [0.15, 0.2) is 0 Å². The summed E-state index contributed by atoms with van der Waals surface area (Å²) in [7, 11) is 0.